The van der Waals surface area contributed by atoms with Gasteiger partial charge in [-0.2, -0.15) is 0 Å². The number of hydrogen-bond donors (Lipinski definition) is 0. The van der Waals surface area contributed by atoms with E-state index < -0.39 is 6.10 Å². The van der Waals surface area contributed by atoms with Crippen LogP contribution in [0.5, 0.6) is 0 Å². The number of allylic oxidation sites excluding steroid dienone is 10. The molecular formula is C63H112O6. The van der Waals surface area contributed by atoms with Gasteiger partial charge in [0.2, 0.25) is 0 Å². The van der Waals surface area contributed by atoms with E-state index in [4.69, 9.17) is 14.2 Å². The summed E-state index contributed by atoms with van der Waals surface area (Å²) in [6.45, 7) is 6.59. The van der Waals surface area contributed by atoms with Crippen molar-refractivity contribution < 1.29 is 28.6 Å². The monoisotopic (exact) mass is 965 g/mol. The van der Waals surface area contributed by atoms with E-state index in [9.17, 15) is 14.4 Å². The van der Waals surface area contributed by atoms with Crippen molar-refractivity contribution in [3.63, 3.8) is 0 Å². The van der Waals surface area contributed by atoms with Gasteiger partial charge in [-0.05, 0) is 109 Å². The summed E-state index contributed by atoms with van der Waals surface area (Å²) < 4.78 is 16.9. The smallest absolute Gasteiger partial charge is 0.306 e. The maximum Gasteiger partial charge on any atom is 0.306 e. The van der Waals surface area contributed by atoms with Crippen molar-refractivity contribution in [1.82, 2.24) is 0 Å². The first-order chi connectivity index (χ1) is 34.0. The van der Waals surface area contributed by atoms with Gasteiger partial charge in [-0.25, -0.2) is 0 Å². The first kappa shape index (κ1) is 66.1. The molecule has 0 amide bonds. The molecule has 0 aromatic heterocycles. The Morgan fingerprint density at radius 2 is 0.522 bits per heavy atom. The number of hydrogen-bond acceptors (Lipinski definition) is 6. The Balaban J connectivity index is 4.36. The highest BCUT2D eigenvalue weighted by atomic mass is 16.6. The predicted octanol–water partition coefficient (Wildman–Crippen LogP) is 20.0. The number of esters is 3. The van der Waals surface area contributed by atoms with Crippen LogP contribution in [0.1, 0.15) is 303 Å². The van der Waals surface area contributed by atoms with Crippen LogP contribution in [-0.2, 0) is 28.6 Å². The van der Waals surface area contributed by atoms with Crippen molar-refractivity contribution >= 4 is 17.9 Å². The molecule has 0 heterocycles. The van der Waals surface area contributed by atoms with E-state index in [1.807, 2.05) is 0 Å². The lowest BCUT2D eigenvalue weighted by Crippen LogP contribution is -2.30. The largest absolute Gasteiger partial charge is 0.462 e. The van der Waals surface area contributed by atoms with E-state index in [1.54, 1.807) is 0 Å². The van der Waals surface area contributed by atoms with Crippen molar-refractivity contribution in [3.05, 3.63) is 60.8 Å². The fourth-order valence-electron chi connectivity index (χ4n) is 8.44. The Morgan fingerprint density at radius 3 is 0.841 bits per heavy atom. The Bertz CT molecular complexity index is 1250. The molecule has 69 heavy (non-hydrogen) atoms. The third-order valence-electron chi connectivity index (χ3n) is 13.0. The zero-order chi connectivity index (χ0) is 50.0. The summed E-state index contributed by atoms with van der Waals surface area (Å²) >= 11 is 0. The number of unbranched alkanes of at least 4 members (excludes halogenated alkanes) is 33. The number of carbonyl (C=O) groups is 3. The van der Waals surface area contributed by atoms with E-state index in [0.717, 1.165) is 103 Å². The first-order valence-corrected chi connectivity index (χ1v) is 29.8. The minimum atomic E-state index is -0.788. The molecule has 0 radical (unpaired) electrons. The summed E-state index contributed by atoms with van der Waals surface area (Å²) in [4.78, 5) is 38.2. The summed E-state index contributed by atoms with van der Waals surface area (Å²) in [6.07, 6.45) is 72.1. The molecule has 0 aliphatic rings. The fourth-order valence-corrected chi connectivity index (χ4v) is 8.44. The summed E-state index contributed by atoms with van der Waals surface area (Å²) in [5.41, 5.74) is 0. The highest BCUT2D eigenvalue weighted by Crippen LogP contribution is 2.15. The topological polar surface area (TPSA) is 78.9 Å². The normalized spacial score (nSPS) is 12.4. The molecule has 0 saturated carbocycles. The van der Waals surface area contributed by atoms with Gasteiger partial charge in [0.1, 0.15) is 13.2 Å². The zero-order valence-corrected chi connectivity index (χ0v) is 45.8. The van der Waals surface area contributed by atoms with Crippen LogP contribution in [0.2, 0.25) is 0 Å². The molecule has 6 heteroatoms. The summed E-state index contributed by atoms with van der Waals surface area (Å²) in [5.74, 6) is -0.903. The molecule has 0 spiro atoms. The average Bonchev–Trinajstić information content (AvgIpc) is 3.35. The van der Waals surface area contributed by atoms with Gasteiger partial charge in [0, 0.05) is 19.3 Å². The molecule has 1 atom stereocenters. The van der Waals surface area contributed by atoms with E-state index >= 15 is 0 Å². The Morgan fingerprint density at radius 1 is 0.290 bits per heavy atom. The molecule has 0 aliphatic heterocycles. The lowest BCUT2D eigenvalue weighted by molar-refractivity contribution is -0.167. The lowest BCUT2D eigenvalue weighted by atomic mass is 10.1. The minimum absolute atomic E-state index is 0.0846. The first-order valence-electron chi connectivity index (χ1n) is 29.8. The molecule has 0 rings (SSSR count). The summed E-state index contributed by atoms with van der Waals surface area (Å²) in [6, 6.07) is 0. The molecular weight excluding hydrogens is 853 g/mol. The molecule has 0 aliphatic carbocycles. The Kier molecular flexibility index (Phi) is 55.3. The van der Waals surface area contributed by atoms with Crippen LogP contribution in [0.25, 0.3) is 0 Å². The van der Waals surface area contributed by atoms with Gasteiger partial charge in [-0.1, -0.05) is 236 Å². The molecule has 0 fully saturated rings. The molecule has 1 unspecified atom stereocenters. The standard InChI is InChI=1S/C63H112O6/c1-4-7-10-13-16-19-22-25-28-29-30-31-32-33-36-38-41-44-47-50-53-56-62(65)68-59-60(69-63(66)57-54-51-48-45-42-39-35-27-24-21-18-15-12-9-6-3)58-67-61(64)55-52-49-46-43-40-37-34-26-23-20-17-14-11-8-5-2/h17-18,20-21,26-27,29-30,34-35,60H,4-16,19,22-25,28,31-33,36-59H2,1-3H3/b20-17-,21-18-,30-29-,34-26-,35-27-. The van der Waals surface area contributed by atoms with E-state index in [0.29, 0.717) is 19.3 Å². The highest BCUT2D eigenvalue weighted by molar-refractivity contribution is 5.71. The van der Waals surface area contributed by atoms with Crippen molar-refractivity contribution in [2.24, 2.45) is 0 Å². The van der Waals surface area contributed by atoms with Crippen LogP contribution < -0.4 is 0 Å². The van der Waals surface area contributed by atoms with E-state index in [-0.39, 0.29) is 31.1 Å². The minimum Gasteiger partial charge on any atom is -0.462 e. The van der Waals surface area contributed by atoms with Crippen LogP contribution >= 0.6 is 0 Å². The van der Waals surface area contributed by atoms with Gasteiger partial charge in [-0.3, -0.25) is 14.4 Å². The SMILES string of the molecule is CCCCC/C=C\C/C=C\CCCCCCCC(=O)OCC(COC(=O)CCCCCCCCCCC/C=C\CCCCCCCCCC)OC(=O)CCCCCCC/C=C\C/C=C\CCCCC. The molecule has 0 aromatic carbocycles. The van der Waals surface area contributed by atoms with E-state index in [1.165, 1.54) is 161 Å². The highest BCUT2D eigenvalue weighted by Gasteiger charge is 2.19. The summed E-state index contributed by atoms with van der Waals surface area (Å²) in [5, 5.41) is 0. The third kappa shape index (κ3) is 55.9. The average molecular weight is 966 g/mol. The van der Waals surface area contributed by atoms with Crippen LogP contribution in [0.15, 0.2) is 60.8 Å². The summed E-state index contributed by atoms with van der Waals surface area (Å²) in [7, 11) is 0. The fraction of sp³-hybridized carbons (Fsp3) is 0.794. The maximum atomic E-state index is 12.9. The Hall–Kier alpha value is -2.89. The quantitative estimate of drug-likeness (QED) is 0.0262. The molecule has 0 bridgehead atoms. The molecule has 0 saturated heterocycles. The van der Waals surface area contributed by atoms with Crippen molar-refractivity contribution in [1.29, 1.82) is 0 Å². The van der Waals surface area contributed by atoms with Gasteiger partial charge in [0.25, 0.3) is 0 Å². The van der Waals surface area contributed by atoms with Gasteiger partial charge in [0.05, 0.1) is 0 Å². The second kappa shape index (κ2) is 57.7. The molecule has 400 valence electrons. The number of rotatable bonds is 54. The van der Waals surface area contributed by atoms with Crippen LogP contribution in [0.4, 0.5) is 0 Å². The van der Waals surface area contributed by atoms with Crippen molar-refractivity contribution in [2.45, 2.75) is 309 Å². The Labute approximate surface area is 428 Å². The van der Waals surface area contributed by atoms with Gasteiger partial charge >= 0.3 is 17.9 Å². The van der Waals surface area contributed by atoms with Crippen molar-refractivity contribution in [2.75, 3.05) is 13.2 Å². The molecule has 0 aromatic rings. The number of ether oxygens (including phenoxy) is 3. The van der Waals surface area contributed by atoms with E-state index in [2.05, 4.69) is 81.5 Å². The molecule has 6 nitrogen and oxygen atoms in total. The maximum absolute atomic E-state index is 12.9. The molecule has 0 N–H and O–H groups in total. The number of carbonyl (C=O) groups excluding carboxylic acids is 3. The zero-order valence-electron chi connectivity index (χ0n) is 45.8. The predicted molar refractivity (Wildman–Crippen MR) is 298 cm³/mol. The van der Waals surface area contributed by atoms with Crippen LogP contribution in [0.3, 0.4) is 0 Å². The van der Waals surface area contributed by atoms with Crippen LogP contribution in [0, 0.1) is 0 Å². The lowest BCUT2D eigenvalue weighted by Gasteiger charge is -2.18. The van der Waals surface area contributed by atoms with Crippen LogP contribution in [-0.4, -0.2) is 37.2 Å². The third-order valence-corrected chi connectivity index (χ3v) is 13.0. The van der Waals surface area contributed by atoms with Gasteiger partial charge < -0.3 is 14.2 Å². The van der Waals surface area contributed by atoms with Gasteiger partial charge in [-0.15, -0.1) is 0 Å². The van der Waals surface area contributed by atoms with Gasteiger partial charge in [0.15, 0.2) is 6.10 Å². The van der Waals surface area contributed by atoms with Crippen molar-refractivity contribution in [3.8, 4) is 0 Å². The second-order valence-electron chi connectivity index (χ2n) is 19.9. The second-order valence-corrected chi connectivity index (χ2v) is 19.9.